The molecule has 2 amide bonds. The number of carbonyl (C=O) groups is 3. The van der Waals surface area contributed by atoms with Gasteiger partial charge in [-0.2, -0.15) is 0 Å². The standard InChI is InChI=1S/C20H35N5O9.H2/c1-4-7-32-8-6-25(5-2)20(31)34-16(13(28)10-26)17-15(23-11(3)27)12(24-19(21)22)9-14(33-17)18(29)30;/h9,12-13,15-17,26,28H,4-8,10H2,1-3H3,(H,23,27)(H,29,30)(H4,21,22,24);1H/t12-,13+,15+,16+,17+;/m0./s1/i;1+2. The summed E-state index contributed by atoms with van der Waals surface area (Å²) in [6.07, 6.45) is -3.73. The molecular weight excluding hydrogens is 454 g/mol. The molecule has 0 aromatic rings. The molecule has 1 aliphatic heterocycles. The third-order valence-corrected chi connectivity index (χ3v) is 4.81. The van der Waals surface area contributed by atoms with E-state index in [0.717, 1.165) is 12.5 Å². The molecule has 0 fully saturated rings. The van der Waals surface area contributed by atoms with E-state index in [4.69, 9.17) is 25.7 Å². The number of carboxylic acids is 1. The first-order valence-electron chi connectivity index (χ1n) is 10.8. The Balaban J connectivity index is 0.0000116. The zero-order valence-corrected chi connectivity index (χ0v) is 19.5. The SMILES string of the molecule is CCCOCCN(CC)C(=O)O[C@@H]([C@@H]1OC(C(=O)O)=C[C@H](N=C(N)N)[C@H]1NC(C)=O)[C@H](O)CO.[3HH]. The molecule has 1 rings (SSSR count). The van der Waals surface area contributed by atoms with E-state index in [1.54, 1.807) is 6.92 Å². The van der Waals surface area contributed by atoms with E-state index in [2.05, 4.69) is 10.3 Å². The summed E-state index contributed by atoms with van der Waals surface area (Å²) < 4.78 is 16.3. The molecule has 14 heteroatoms. The van der Waals surface area contributed by atoms with Crippen molar-refractivity contribution in [3.05, 3.63) is 11.8 Å². The number of carboxylic acid groups (broad SMARTS) is 1. The lowest BCUT2D eigenvalue weighted by Gasteiger charge is -2.40. The van der Waals surface area contributed by atoms with Gasteiger partial charge < -0.3 is 51.2 Å². The Morgan fingerprint density at radius 3 is 2.50 bits per heavy atom. The van der Waals surface area contributed by atoms with E-state index < -0.39 is 66.7 Å². The fourth-order valence-electron chi connectivity index (χ4n) is 3.26. The Bertz CT molecular complexity index is 763. The van der Waals surface area contributed by atoms with Gasteiger partial charge in [0.25, 0.3) is 0 Å². The first-order valence-corrected chi connectivity index (χ1v) is 10.8. The molecule has 1 heterocycles. The summed E-state index contributed by atoms with van der Waals surface area (Å²) >= 11 is 0. The number of nitrogens with zero attached hydrogens (tertiary/aromatic N) is 2. The van der Waals surface area contributed by atoms with E-state index >= 15 is 0 Å². The van der Waals surface area contributed by atoms with Gasteiger partial charge in [-0.15, -0.1) is 0 Å². The van der Waals surface area contributed by atoms with Crippen molar-refractivity contribution in [1.82, 2.24) is 10.2 Å². The summed E-state index contributed by atoms with van der Waals surface area (Å²) in [5.74, 6) is -3.02. The van der Waals surface area contributed by atoms with Crippen LogP contribution >= 0.6 is 0 Å². The predicted octanol–water partition coefficient (Wildman–Crippen LogP) is -1.65. The lowest BCUT2D eigenvalue weighted by atomic mass is 9.92. The van der Waals surface area contributed by atoms with Gasteiger partial charge in [0.2, 0.25) is 11.7 Å². The lowest BCUT2D eigenvalue weighted by Crippen LogP contribution is -2.61. The quantitative estimate of drug-likeness (QED) is 0.0969. The maximum absolute atomic E-state index is 12.8. The number of aliphatic hydroxyl groups is 2. The highest BCUT2D eigenvalue weighted by Gasteiger charge is 2.46. The van der Waals surface area contributed by atoms with Gasteiger partial charge in [0.15, 0.2) is 18.2 Å². The number of aliphatic hydroxyl groups excluding tert-OH is 2. The third kappa shape index (κ3) is 8.68. The number of hydrogen-bond acceptors (Lipinski definition) is 9. The van der Waals surface area contributed by atoms with Crippen LogP contribution in [-0.4, -0.2) is 107 Å². The van der Waals surface area contributed by atoms with Gasteiger partial charge in [0.05, 0.1) is 25.3 Å². The molecule has 14 nitrogen and oxygen atoms in total. The second-order valence-corrected chi connectivity index (χ2v) is 7.48. The summed E-state index contributed by atoms with van der Waals surface area (Å²) in [5.41, 5.74) is 10.9. The predicted molar refractivity (Wildman–Crippen MR) is 122 cm³/mol. The third-order valence-electron chi connectivity index (χ3n) is 4.81. The van der Waals surface area contributed by atoms with E-state index in [0.29, 0.717) is 6.61 Å². The average Bonchev–Trinajstić information content (AvgIpc) is 2.77. The largest absolute Gasteiger partial charge is 0.477 e. The number of nitrogens with two attached hydrogens (primary N) is 2. The first-order chi connectivity index (χ1) is 16.0. The number of nitrogens with one attached hydrogen (secondary N) is 1. The van der Waals surface area contributed by atoms with Crippen LogP contribution in [-0.2, 0) is 23.8 Å². The fourth-order valence-corrected chi connectivity index (χ4v) is 3.26. The van der Waals surface area contributed by atoms with Gasteiger partial charge >= 0.3 is 12.1 Å². The number of likely N-dealkylation sites (N-methyl/N-ethyl adjacent to an activating group) is 1. The van der Waals surface area contributed by atoms with Crippen LogP contribution in [0.2, 0.25) is 0 Å². The van der Waals surface area contributed by atoms with Crippen LogP contribution in [0.15, 0.2) is 16.8 Å². The minimum Gasteiger partial charge on any atom is -0.477 e. The Kier molecular flexibility index (Phi) is 12.1. The molecule has 1 aliphatic rings. The molecule has 0 saturated heterocycles. The van der Waals surface area contributed by atoms with Gasteiger partial charge in [-0.3, -0.25) is 4.79 Å². The van der Waals surface area contributed by atoms with Gasteiger partial charge in [-0.25, -0.2) is 14.6 Å². The molecular formula is C20H37N5O9. The van der Waals surface area contributed by atoms with Gasteiger partial charge in [-0.05, 0) is 19.4 Å². The molecule has 34 heavy (non-hydrogen) atoms. The van der Waals surface area contributed by atoms with E-state index in [1.807, 2.05) is 6.92 Å². The van der Waals surface area contributed by atoms with Crippen LogP contribution in [0, 0.1) is 0 Å². The van der Waals surface area contributed by atoms with Crippen LogP contribution in [0.25, 0.3) is 0 Å². The highest BCUT2D eigenvalue weighted by molar-refractivity contribution is 5.85. The van der Waals surface area contributed by atoms with E-state index in [-0.39, 0.29) is 21.1 Å². The lowest BCUT2D eigenvalue weighted by molar-refractivity contribution is -0.146. The summed E-state index contributed by atoms with van der Waals surface area (Å²) in [6.45, 7) is 5.19. The van der Waals surface area contributed by atoms with Crippen molar-refractivity contribution in [3.8, 4) is 0 Å². The zero-order chi connectivity index (χ0) is 25.8. The molecule has 0 spiro atoms. The number of carbonyl (C=O) groups excluding carboxylic acids is 2. The summed E-state index contributed by atoms with van der Waals surface area (Å²) in [5, 5.41) is 32.0. The minimum atomic E-state index is -1.69. The molecule has 0 saturated carbocycles. The van der Waals surface area contributed by atoms with Crippen molar-refractivity contribution in [2.75, 3.05) is 32.9 Å². The summed E-state index contributed by atoms with van der Waals surface area (Å²) in [6, 6.07) is -2.28. The smallest absolute Gasteiger partial charge is 0.410 e. The van der Waals surface area contributed by atoms with Gasteiger partial charge in [0, 0.05) is 28.0 Å². The highest BCUT2D eigenvalue weighted by Crippen LogP contribution is 2.27. The van der Waals surface area contributed by atoms with Gasteiger partial charge in [-0.1, -0.05) is 6.92 Å². The molecule has 0 aromatic carbocycles. The monoisotopic (exact) mass is 493 g/mol. The molecule has 196 valence electrons. The average molecular weight is 494 g/mol. The van der Waals surface area contributed by atoms with Crippen molar-refractivity contribution >= 4 is 23.9 Å². The number of amides is 2. The molecule has 0 aliphatic carbocycles. The van der Waals surface area contributed by atoms with Gasteiger partial charge in [0.1, 0.15) is 6.10 Å². The number of ether oxygens (including phenoxy) is 3. The first kappa shape index (κ1) is 28.9. The molecule has 0 bridgehead atoms. The molecule has 0 unspecified atom stereocenters. The normalized spacial score (nSPS) is 21.3. The van der Waals surface area contributed by atoms with Crippen molar-refractivity contribution < 1.29 is 45.3 Å². The zero-order valence-electron chi connectivity index (χ0n) is 19.5. The van der Waals surface area contributed by atoms with E-state index in [9.17, 15) is 29.7 Å². The minimum absolute atomic E-state index is 0. The van der Waals surface area contributed by atoms with Crippen molar-refractivity contribution in [1.29, 1.82) is 0 Å². The Morgan fingerprint density at radius 1 is 1.32 bits per heavy atom. The molecule has 5 atom stereocenters. The number of rotatable bonds is 13. The maximum atomic E-state index is 12.8. The van der Waals surface area contributed by atoms with Crippen LogP contribution < -0.4 is 16.8 Å². The second kappa shape index (κ2) is 14.2. The fraction of sp³-hybridized carbons (Fsp3) is 0.700. The topological polar surface area (TPSA) is 219 Å². The number of guanidine groups is 1. The van der Waals surface area contributed by atoms with Crippen LogP contribution in [0.5, 0.6) is 0 Å². The molecule has 0 radical (unpaired) electrons. The van der Waals surface area contributed by atoms with Crippen LogP contribution in [0.4, 0.5) is 4.79 Å². The van der Waals surface area contributed by atoms with Crippen LogP contribution in [0.3, 0.4) is 0 Å². The maximum Gasteiger partial charge on any atom is 0.410 e. The van der Waals surface area contributed by atoms with Crippen LogP contribution in [0.1, 0.15) is 28.6 Å². The van der Waals surface area contributed by atoms with Crippen molar-refractivity contribution in [2.24, 2.45) is 16.5 Å². The molecule has 0 aromatic heterocycles. The Hall–Kier alpha value is -3.10. The Labute approximate surface area is 199 Å². The highest BCUT2D eigenvalue weighted by atomic mass is 16.6. The van der Waals surface area contributed by atoms with Crippen molar-refractivity contribution in [3.63, 3.8) is 0 Å². The van der Waals surface area contributed by atoms with E-state index in [1.165, 1.54) is 11.8 Å². The number of aliphatic carboxylic acids is 1. The Morgan fingerprint density at radius 2 is 2.00 bits per heavy atom. The number of hydrogen-bond donors (Lipinski definition) is 6. The summed E-state index contributed by atoms with van der Waals surface area (Å²) in [4.78, 5) is 41.6. The molecule has 8 N–H and O–H groups in total. The second-order valence-electron chi connectivity index (χ2n) is 7.48. The van der Waals surface area contributed by atoms with Crippen molar-refractivity contribution in [2.45, 2.75) is 57.6 Å². The summed E-state index contributed by atoms with van der Waals surface area (Å²) in [7, 11) is 0. The number of aliphatic imine (C=N–C) groups is 1.